The van der Waals surface area contributed by atoms with Gasteiger partial charge in [-0.15, -0.1) is 0 Å². The van der Waals surface area contributed by atoms with E-state index in [0.29, 0.717) is 13.0 Å². The van der Waals surface area contributed by atoms with E-state index in [4.69, 9.17) is 0 Å². The average Bonchev–Trinajstić information content (AvgIpc) is 3.03. The first-order chi connectivity index (χ1) is 13.2. The van der Waals surface area contributed by atoms with Crippen molar-refractivity contribution in [1.82, 2.24) is 4.90 Å². The van der Waals surface area contributed by atoms with Gasteiger partial charge >= 0.3 is 0 Å². The molecule has 0 saturated carbocycles. The summed E-state index contributed by atoms with van der Waals surface area (Å²) in [5.41, 5.74) is 3.93. The summed E-state index contributed by atoms with van der Waals surface area (Å²) in [6.07, 6.45) is 0.574. The third kappa shape index (κ3) is 4.35. The number of carbonyl (C=O) groups excluding carboxylic acids is 1. The second-order valence-electron chi connectivity index (χ2n) is 8.27. The van der Waals surface area contributed by atoms with Gasteiger partial charge in [0.1, 0.15) is 0 Å². The highest BCUT2D eigenvalue weighted by Gasteiger charge is 2.38. The summed E-state index contributed by atoms with van der Waals surface area (Å²) in [6, 6.07) is 6.15. The van der Waals surface area contributed by atoms with Crippen molar-refractivity contribution in [2.75, 3.05) is 49.1 Å². The third-order valence-electron chi connectivity index (χ3n) is 6.58. The number of sulfone groups is 1. The second kappa shape index (κ2) is 8.41. The number of quaternary nitrogens is 1. The van der Waals surface area contributed by atoms with Gasteiger partial charge in [0.05, 0.1) is 37.7 Å². The molecule has 28 heavy (non-hydrogen) atoms. The van der Waals surface area contributed by atoms with Crippen molar-refractivity contribution >= 4 is 21.4 Å². The predicted octanol–water partition coefficient (Wildman–Crippen LogP) is 0.432. The lowest BCUT2D eigenvalue weighted by atomic mass is 10.1. The van der Waals surface area contributed by atoms with Crippen LogP contribution in [0.15, 0.2) is 18.2 Å². The molecule has 2 aliphatic rings. The normalized spacial score (nSPS) is 23.6. The number of nitrogens with zero attached hydrogens (tertiary/aromatic N) is 2. The van der Waals surface area contributed by atoms with Gasteiger partial charge < -0.3 is 14.7 Å². The maximum Gasteiger partial charge on any atom is 0.280 e. The maximum atomic E-state index is 13.1. The van der Waals surface area contributed by atoms with Crippen molar-refractivity contribution < 1.29 is 18.1 Å². The SMILES string of the molecule is CCN(C(=O)[C@H](C)[NH+]1CCN(c2cccc(C)c2C)CC1)[C@@H]1CCS(=O)(=O)C1. The van der Waals surface area contributed by atoms with Gasteiger partial charge in [0.2, 0.25) is 0 Å². The molecule has 0 aromatic heterocycles. The molecule has 0 unspecified atom stereocenters. The Labute approximate surface area is 169 Å². The fourth-order valence-electron chi connectivity index (χ4n) is 4.58. The van der Waals surface area contributed by atoms with Crippen molar-refractivity contribution in [3.05, 3.63) is 29.3 Å². The molecule has 2 aliphatic heterocycles. The lowest BCUT2D eigenvalue weighted by molar-refractivity contribution is -0.915. The second-order valence-corrected chi connectivity index (χ2v) is 10.5. The van der Waals surface area contributed by atoms with Crippen LogP contribution in [-0.4, -0.2) is 75.5 Å². The van der Waals surface area contributed by atoms with E-state index in [0.717, 1.165) is 26.2 Å². The predicted molar refractivity (Wildman–Crippen MR) is 113 cm³/mol. The quantitative estimate of drug-likeness (QED) is 0.768. The molecule has 1 amide bonds. The number of anilines is 1. The first-order valence-electron chi connectivity index (χ1n) is 10.4. The van der Waals surface area contributed by atoms with Crippen molar-refractivity contribution in [3.8, 4) is 0 Å². The first kappa shape index (κ1) is 21.1. The average molecular weight is 409 g/mol. The third-order valence-corrected chi connectivity index (χ3v) is 8.33. The standard InChI is InChI=1S/C21H33N3O3S/c1-5-24(19-9-14-28(26,27)15-19)21(25)18(4)22-10-12-23(13-11-22)20-8-6-7-16(2)17(20)3/h6-8,18-19H,5,9-15H2,1-4H3/p+1/t18-,19+/m0/s1. The molecular formula is C21H34N3O3S+. The van der Waals surface area contributed by atoms with Crippen LogP contribution in [0.25, 0.3) is 0 Å². The molecule has 6 nitrogen and oxygen atoms in total. The topological polar surface area (TPSA) is 62.1 Å². The van der Waals surface area contributed by atoms with Crippen LogP contribution in [0.5, 0.6) is 0 Å². The van der Waals surface area contributed by atoms with Crippen LogP contribution >= 0.6 is 0 Å². The van der Waals surface area contributed by atoms with Gasteiger partial charge in [0.15, 0.2) is 15.9 Å². The van der Waals surface area contributed by atoms with Gasteiger partial charge in [-0.2, -0.15) is 0 Å². The Kier molecular flexibility index (Phi) is 6.34. The van der Waals surface area contributed by atoms with Crippen LogP contribution in [0.1, 0.15) is 31.4 Å². The molecule has 1 aromatic carbocycles. The number of rotatable bonds is 5. The van der Waals surface area contributed by atoms with E-state index in [-0.39, 0.29) is 29.5 Å². The van der Waals surface area contributed by atoms with Gasteiger partial charge in [-0.3, -0.25) is 4.79 Å². The molecule has 0 aliphatic carbocycles. The van der Waals surface area contributed by atoms with Crippen LogP contribution < -0.4 is 9.80 Å². The summed E-state index contributed by atoms with van der Waals surface area (Å²) >= 11 is 0. The Morgan fingerprint density at radius 2 is 1.96 bits per heavy atom. The molecule has 0 bridgehead atoms. The zero-order valence-corrected chi connectivity index (χ0v) is 18.4. The number of aryl methyl sites for hydroxylation is 1. The zero-order chi connectivity index (χ0) is 20.5. The number of hydrogen-bond acceptors (Lipinski definition) is 4. The summed E-state index contributed by atoms with van der Waals surface area (Å²) in [5.74, 6) is 0.423. The van der Waals surface area contributed by atoms with Gasteiger partial charge in [0, 0.05) is 18.3 Å². The number of carbonyl (C=O) groups is 1. The number of amides is 1. The summed E-state index contributed by atoms with van der Waals surface area (Å²) < 4.78 is 23.7. The molecular weight excluding hydrogens is 374 g/mol. The molecule has 7 heteroatoms. The summed E-state index contributed by atoms with van der Waals surface area (Å²) in [7, 11) is -2.99. The van der Waals surface area contributed by atoms with Crippen molar-refractivity contribution in [2.24, 2.45) is 0 Å². The van der Waals surface area contributed by atoms with Gasteiger partial charge in [-0.25, -0.2) is 8.42 Å². The fraction of sp³-hybridized carbons (Fsp3) is 0.667. The molecule has 2 saturated heterocycles. The van der Waals surface area contributed by atoms with Crippen LogP contribution in [0.4, 0.5) is 5.69 Å². The van der Waals surface area contributed by atoms with E-state index in [2.05, 4.69) is 36.9 Å². The van der Waals surface area contributed by atoms with E-state index in [1.807, 2.05) is 13.8 Å². The van der Waals surface area contributed by atoms with Crippen molar-refractivity contribution in [3.63, 3.8) is 0 Å². The molecule has 2 atom stereocenters. The van der Waals surface area contributed by atoms with Crippen LogP contribution in [0.3, 0.4) is 0 Å². The van der Waals surface area contributed by atoms with E-state index in [1.165, 1.54) is 21.7 Å². The highest BCUT2D eigenvalue weighted by atomic mass is 32.2. The van der Waals surface area contributed by atoms with Crippen LogP contribution in [-0.2, 0) is 14.6 Å². The Hall–Kier alpha value is -1.60. The van der Waals surface area contributed by atoms with Gasteiger partial charge in [-0.05, 0) is 51.3 Å². The number of nitrogens with one attached hydrogen (secondary N) is 1. The molecule has 1 N–H and O–H groups in total. The zero-order valence-electron chi connectivity index (χ0n) is 17.6. The summed E-state index contributed by atoms with van der Waals surface area (Å²) in [4.78, 5) is 18.6. The van der Waals surface area contributed by atoms with E-state index < -0.39 is 9.84 Å². The van der Waals surface area contributed by atoms with E-state index >= 15 is 0 Å². The Morgan fingerprint density at radius 3 is 2.54 bits per heavy atom. The minimum absolute atomic E-state index is 0.0970. The molecule has 0 radical (unpaired) electrons. The monoisotopic (exact) mass is 408 g/mol. The fourth-order valence-corrected chi connectivity index (χ4v) is 6.32. The van der Waals surface area contributed by atoms with Crippen molar-refractivity contribution in [2.45, 2.75) is 46.2 Å². The molecule has 1 aromatic rings. The lowest BCUT2D eigenvalue weighted by Gasteiger charge is -2.38. The molecule has 2 heterocycles. The minimum Gasteiger partial charge on any atom is -0.360 e. The van der Waals surface area contributed by atoms with Gasteiger partial charge in [0.25, 0.3) is 5.91 Å². The van der Waals surface area contributed by atoms with Crippen LogP contribution in [0.2, 0.25) is 0 Å². The first-order valence-corrected chi connectivity index (χ1v) is 12.2. The molecule has 2 fully saturated rings. The highest BCUT2D eigenvalue weighted by molar-refractivity contribution is 7.91. The van der Waals surface area contributed by atoms with Crippen molar-refractivity contribution in [1.29, 1.82) is 0 Å². The van der Waals surface area contributed by atoms with E-state index in [1.54, 1.807) is 4.90 Å². The Morgan fingerprint density at radius 1 is 1.29 bits per heavy atom. The maximum absolute atomic E-state index is 13.1. The molecule has 3 rings (SSSR count). The Balaban J connectivity index is 1.62. The van der Waals surface area contributed by atoms with Gasteiger partial charge in [-0.1, -0.05) is 12.1 Å². The molecule has 0 spiro atoms. The molecule has 156 valence electrons. The number of benzene rings is 1. The lowest BCUT2D eigenvalue weighted by Crippen LogP contribution is -3.19. The number of piperazine rings is 1. The van der Waals surface area contributed by atoms with E-state index in [9.17, 15) is 13.2 Å². The number of likely N-dealkylation sites (N-methyl/N-ethyl adjacent to an activating group) is 1. The minimum atomic E-state index is -2.99. The highest BCUT2D eigenvalue weighted by Crippen LogP contribution is 2.22. The number of hydrogen-bond donors (Lipinski definition) is 1. The Bertz CT molecular complexity index is 816. The summed E-state index contributed by atoms with van der Waals surface area (Å²) in [6.45, 7) is 12.5. The summed E-state index contributed by atoms with van der Waals surface area (Å²) in [5, 5.41) is 0. The van der Waals surface area contributed by atoms with Crippen LogP contribution in [0, 0.1) is 13.8 Å². The smallest absolute Gasteiger partial charge is 0.280 e. The largest absolute Gasteiger partial charge is 0.360 e.